The van der Waals surface area contributed by atoms with Crippen LogP contribution in [-0.2, 0) is 6.18 Å². The van der Waals surface area contributed by atoms with Gasteiger partial charge in [-0.1, -0.05) is 0 Å². The van der Waals surface area contributed by atoms with Crippen LogP contribution in [0.4, 0.5) is 19.0 Å². The number of fused-ring (bicyclic) bond motifs is 1. The smallest absolute Gasteiger partial charge is 0.355 e. The van der Waals surface area contributed by atoms with Crippen molar-refractivity contribution in [3.05, 3.63) is 17.6 Å². The van der Waals surface area contributed by atoms with Gasteiger partial charge in [0.2, 0.25) is 0 Å². The molecule has 2 aromatic heterocycles. The summed E-state index contributed by atoms with van der Waals surface area (Å²) < 4.78 is 39.3. The number of anilines is 1. The van der Waals surface area contributed by atoms with E-state index in [4.69, 9.17) is 0 Å². The van der Waals surface area contributed by atoms with E-state index >= 15 is 0 Å². The van der Waals surface area contributed by atoms with Gasteiger partial charge in [0.25, 0.3) is 11.6 Å². The largest absolute Gasteiger partial charge is 0.453 e. The third kappa shape index (κ3) is 2.41. The fourth-order valence-electron chi connectivity index (χ4n) is 2.11. The van der Waals surface area contributed by atoms with E-state index in [0.29, 0.717) is 11.5 Å². The Balaban J connectivity index is 2.12. The lowest BCUT2D eigenvalue weighted by molar-refractivity contribution is -0.144. The molecule has 1 aliphatic heterocycles. The van der Waals surface area contributed by atoms with Gasteiger partial charge in [-0.25, -0.2) is 4.98 Å². The summed E-state index contributed by atoms with van der Waals surface area (Å²) in [6, 6.07) is 1.75. The molecule has 0 atom stereocenters. The lowest BCUT2D eigenvalue weighted by atomic mass is 10.4. The van der Waals surface area contributed by atoms with Crippen molar-refractivity contribution < 1.29 is 13.2 Å². The van der Waals surface area contributed by atoms with Gasteiger partial charge < -0.3 is 4.90 Å². The highest BCUT2D eigenvalue weighted by molar-refractivity contribution is 7.99. The van der Waals surface area contributed by atoms with Gasteiger partial charge in [0.1, 0.15) is 5.82 Å². The molecule has 5 nitrogen and oxygen atoms in total. The third-order valence-electron chi connectivity index (χ3n) is 3.01. The molecule has 0 amide bonds. The van der Waals surface area contributed by atoms with Crippen molar-refractivity contribution in [3.8, 4) is 0 Å². The van der Waals surface area contributed by atoms with Crippen LogP contribution < -0.4 is 4.90 Å². The topological polar surface area (TPSA) is 46.3 Å². The molecule has 0 aromatic carbocycles. The number of rotatable bonds is 1. The summed E-state index contributed by atoms with van der Waals surface area (Å²) in [6.07, 6.45) is -4.56. The van der Waals surface area contributed by atoms with Gasteiger partial charge >= 0.3 is 6.18 Å². The second-order valence-corrected chi connectivity index (χ2v) is 5.72. The minimum Gasteiger partial charge on any atom is -0.355 e. The normalized spacial score (nSPS) is 16.9. The van der Waals surface area contributed by atoms with Crippen LogP contribution in [0.15, 0.2) is 6.07 Å². The summed E-state index contributed by atoms with van der Waals surface area (Å²) in [5, 5.41) is 3.57. The fourth-order valence-corrected chi connectivity index (χ4v) is 3.01. The van der Waals surface area contributed by atoms with Crippen molar-refractivity contribution in [2.45, 2.75) is 13.1 Å². The number of hydrogen-bond acceptors (Lipinski definition) is 5. The van der Waals surface area contributed by atoms with Crippen LogP contribution in [0.25, 0.3) is 5.78 Å². The molecule has 0 N–H and O–H groups in total. The second-order valence-electron chi connectivity index (χ2n) is 4.50. The van der Waals surface area contributed by atoms with E-state index in [9.17, 15) is 13.2 Å². The van der Waals surface area contributed by atoms with Gasteiger partial charge in [-0.2, -0.15) is 34.4 Å². The fraction of sp³-hybridized carbons (Fsp3) is 0.545. The van der Waals surface area contributed by atoms with E-state index < -0.39 is 12.0 Å². The first-order valence-corrected chi connectivity index (χ1v) is 7.25. The number of alkyl halides is 3. The molecule has 108 valence electrons. The van der Waals surface area contributed by atoms with Crippen molar-refractivity contribution >= 4 is 23.4 Å². The first-order valence-electron chi connectivity index (χ1n) is 6.09. The van der Waals surface area contributed by atoms with Gasteiger partial charge in [0.05, 0.1) is 0 Å². The molecule has 3 heterocycles. The first-order chi connectivity index (χ1) is 9.45. The minimum atomic E-state index is -4.56. The van der Waals surface area contributed by atoms with E-state index in [1.165, 1.54) is 4.52 Å². The highest BCUT2D eigenvalue weighted by atomic mass is 32.2. The van der Waals surface area contributed by atoms with Gasteiger partial charge in [-0.15, -0.1) is 5.10 Å². The van der Waals surface area contributed by atoms with E-state index in [0.717, 1.165) is 24.6 Å². The van der Waals surface area contributed by atoms with Gasteiger partial charge in [-0.05, 0) is 6.92 Å². The molecule has 0 radical (unpaired) electrons. The molecule has 0 aliphatic carbocycles. The Morgan fingerprint density at radius 3 is 2.55 bits per heavy atom. The predicted molar refractivity (Wildman–Crippen MR) is 70.1 cm³/mol. The molecule has 3 rings (SSSR count). The summed E-state index contributed by atoms with van der Waals surface area (Å²) in [6.45, 7) is 3.30. The molecule has 1 aliphatic rings. The summed E-state index contributed by atoms with van der Waals surface area (Å²) in [7, 11) is 0. The Morgan fingerprint density at radius 1 is 1.20 bits per heavy atom. The maximum atomic E-state index is 12.7. The molecule has 0 saturated carbocycles. The molecule has 0 bridgehead atoms. The van der Waals surface area contributed by atoms with Crippen LogP contribution in [0, 0.1) is 6.92 Å². The van der Waals surface area contributed by atoms with Gasteiger partial charge in [0, 0.05) is 36.4 Å². The molecular weight excluding hydrogens is 291 g/mol. The monoisotopic (exact) mass is 303 g/mol. The Bertz CT molecular complexity index is 633. The quantitative estimate of drug-likeness (QED) is 0.806. The van der Waals surface area contributed by atoms with Crippen LogP contribution >= 0.6 is 11.8 Å². The molecule has 9 heteroatoms. The standard InChI is InChI=1S/C11H12F3N5S/c1-7-6-8(18-2-4-20-5-3-18)19-10(15-7)16-9(17-19)11(12,13)14/h6H,2-5H2,1H3. The molecule has 0 spiro atoms. The third-order valence-corrected chi connectivity index (χ3v) is 3.95. The Morgan fingerprint density at radius 2 is 1.90 bits per heavy atom. The number of thioether (sulfide) groups is 1. The molecule has 2 aromatic rings. The molecular formula is C11H12F3N5S. The zero-order chi connectivity index (χ0) is 14.3. The predicted octanol–water partition coefficient (Wildman–Crippen LogP) is 2.00. The molecule has 0 unspecified atom stereocenters. The van der Waals surface area contributed by atoms with Crippen LogP contribution in [-0.4, -0.2) is 44.2 Å². The molecule has 1 saturated heterocycles. The Labute approximate surface area is 117 Å². The van der Waals surface area contributed by atoms with Crippen molar-refractivity contribution in [3.63, 3.8) is 0 Å². The van der Waals surface area contributed by atoms with Crippen molar-refractivity contribution in [1.82, 2.24) is 19.6 Å². The number of aromatic nitrogens is 4. The Hall–Kier alpha value is -1.51. The van der Waals surface area contributed by atoms with Crippen molar-refractivity contribution in [2.24, 2.45) is 0 Å². The summed E-state index contributed by atoms with van der Waals surface area (Å²) in [4.78, 5) is 9.53. The zero-order valence-electron chi connectivity index (χ0n) is 10.7. The van der Waals surface area contributed by atoms with Gasteiger partial charge in [0.15, 0.2) is 0 Å². The van der Waals surface area contributed by atoms with Crippen LogP contribution in [0.3, 0.4) is 0 Å². The minimum absolute atomic E-state index is 0.00875. The number of hydrogen-bond donors (Lipinski definition) is 0. The number of nitrogens with zero attached hydrogens (tertiary/aromatic N) is 5. The SMILES string of the molecule is Cc1cc(N2CCSCC2)n2nc(C(F)(F)F)nc2n1. The van der Waals surface area contributed by atoms with Crippen LogP contribution in [0.5, 0.6) is 0 Å². The second kappa shape index (κ2) is 4.80. The highest BCUT2D eigenvalue weighted by Crippen LogP contribution is 2.28. The number of aryl methyl sites for hydroxylation is 1. The highest BCUT2D eigenvalue weighted by Gasteiger charge is 2.37. The summed E-state index contributed by atoms with van der Waals surface area (Å²) in [5.41, 5.74) is 0.631. The average Bonchev–Trinajstić information content (AvgIpc) is 2.82. The maximum absolute atomic E-state index is 12.7. The van der Waals surface area contributed by atoms with E-state index in [-0.39, 0.29) is 5.78 Å². The lowest BCUT2D eigenvalue weighted by Crippen LogP contribution is -2.34. The average molecular weight is 303 g/mol. The Kier molecular flexibility index (Phi) is 3.23. The molecule has 1 fully saturated rings. The number of halogens is 3. The van der Waals surface area contributed by atoms with Crippen LogP contribution in [0.2, 0.25) is 0 Å². The zero-order valence-corrected chi connectivity index (χ0v) is 11.5. The van der Waals surface area contributed by atoms with Crippen molar-refractivity contribution in [2.75, 3.05) is 29.5 Å². The van der Waals surface area contributed by atoms with E-state index in [2.05, 4.69) is 15.1 Å². The van der Waals surface area contributed by atoms with Crippen LogP contribution in [0.1, 0.15) is 11.5 Å². The first kappa shape index (κ1) is 13.5. The van der Waals surface area contributed by atoms with Gasteiger partial charge in [-0.3, -0.25) is 0 Å². The van der Waals surface area contributed by atoms with E-state index in [1.807, 2.05) is 16.7 Å². The lowest BCUT2D eigenvalue weighted by Gasteiger charge is -2.28. The molecule has 20 heavy (non-hydrogen) atoms. The maximum Gasteiger partial charge on any atom is 0.453 e. The van der Waals surface area contributed by atoms with Crippen molar-refractivity contribution in [1.29, 1.82) is 0 Å². The summed E-state index contributed by atoms with van der Waals surface area (Å²) in [5.74, 6) is 1.36. The van der Waals surface area contributed by atoms with E-state index in [1.54, 1.807) is 13.0 Å². The summed E-state index contributed by atoms with van der Waals surface area (Å²) >= 11 is 1.83.